The molecule has 2 aromatic heterocycles. The van der Waals surface area contributed by atoms with Gasteiger partial charge in [-0.25, -0.2) is 4.68 Å². The Hall–Kier alpha value is -2.87. The Labute approximate surface area is 186 Å². The van der Waals surface area contributed by atoms with E-state index < -0.39 is 0 Å². The molecule has 1 saturated heterocycles. The van der Waals surface area contributed by atoms with Crippen molar-refractivity contribution in [3.8, 4) is 0 Å². The van der Waals surface area contributed by atoms with E-state index in [1.807, 2.05) is 10.7 Å². The average molecular weight is 431 g/mol. The van der Waals surface area contributed by atoms with E-state index in [1.54, 1.807) is 11.3 Å². The lowest BCUT2D eigenvalue weighted by Gasteiger charge is -2.38. The number of tetrazole rings is 1. The van der Waals surface area contributed by atoms with Gasteiger partial charge in [-0.1, -0.05) is 66.7 Å². The predicted octanol–water partition coefficient (Wildman–Crippen LogP) is 3.69. The third kappa shape index (κ3) is 4.74. The second-order valence-corrected chi connectivity index (χ2v) is 8.88. The Morgan fingerprint density at radius 2 is 1.45 bits per heavy atom. The van der Waals surface area contributed by atoms with Gasteiger partial charge in [0, 0.05) is 37.6 Å². The molecule has 1 fully saturated rings. The Morgan fingerprint density at radius 3 is 2.10 bits per heavy atom. The number of hydrogen-bond acceptors (Lipinski definition) is 6. The van der Waals surface area contributed by atoms with E-state index in [2.05, 4.69) is 97.4 Å². The third-order valence-corrected chi connectivity index (χ3v) is 6.74. The maximum atomic E-state index is 4.48. The summed E-state index contributed by atoms with van der Waals surface area (Å²) < 4.78 is 1.95. The van der Waals surface area contributed by atoms with Crippen molar-refractivity contribution in [3.63, 3.8) is 0 Å². The first kappa shape index (κ1) is 20.1. The fourth-order valence-corrected chi connectivity index (χ4v) is 5.07. The summed E-state index contributed by atoms with van der Waals surface area (Å²) in [7, 11) is 0. The lowest BCUT2D eigenvalue weighted by molar-refractivity contribution is 0.101. The molecular weight excluding hydrogens is 404 g/mol. The summed E-state index contributed by atoms with van der Waals surface area (Å²) in [6.45, 7) is 5.75. The van der Waals surface area contributed by atoms with E-state index in [0.29, 0.717) is 6.54 Å². The first-order valence-electron chi connectivity index (χ1n) is 10.7. The quantitative estimate of drug-likeness (QED) is 0.448. The highest BCUT2D eigenvalue weighted by atomic mass is 32.1. The Kier molecular flexibility index (Phi) is 6.15. The standard InChI is InChI=1S/C24H26N6S/c1-3-8-20(9-4-1)18-28-13-15-29(16-14-28)23(22-12-7-17-31-22)24-25-26-27-30(24)19-21-10-5-2-6-11-21/h1-12,17,23H,13-16,18-19H2/t23-/m0/s1. The van der Waals surface area contributed by atoms with Crippen LogP contribution in [0.4, 0.5) is 0 Å². The van der Waals surface area contributed by atoms with Gasteiger partial charge >= 0.3 is 0 Å². The summed E-state index contributed by atoms with van der Waals surface area (Å²) in [6, 6.07) is 25.5. The zero-order valence-electron chi connectivity index (χ0n) is 17.4. The van der Waals surface area contributed by atoms with Crippen molar-refractivity contribution in [1.82, 2.24) is 30.0 Å². The SMILES string of the molecule is c1ccc(CN2CCN([C@@H](c3cccs3)c3nnnn3Cc3ccccc3)CC2)cc1. The molecule has 4 aromatic rings. The second kappa shape index (κ2) is 9.51. The van der Waals surface area contributed by atoms with Gasteiger partial charge in [-0.15, -0.1) is 16.4 Å². The minimum atomic E-state index is 0.0811. The zero-order valence-corrected chi connectivity index (χ0v) is 18.2. The van der Waals surface area contributed by atoms with Gasteiger partial charge in [0.1, 0.15) is 6.04 Å². The van der Waals surface area contributed by atoms with Gasteiger partial charge in [0.2, 0.25) is 0 Å². The number of thiophene rings is 1. The Bertz CT molecular complexity index is 1060. The molecule has 3 heterocycles. The van der Waals surface area contributed by atoms with Gasteiger partial charge in [-0.05, 0) is 33.0 Å². The molecule has 0 N–H and O–H groups in total. The van der Waals surface area contributed by atoms with Crippen LogP contribution in [0.3, 0.4) is 0 Å². The number of hydrogen-bond donors (Lipinski definition) is 0. The highest BCUT2D eigenvalue weighted by Gasteiger charge is 2.31. The second-order valence-electron chi connectivity index (χ2n) is 7.90. The molecule has 158 valence electrons. The molecule has 0 radical (unpaired) electrons. The van der Waals surface area contributed by atoms with Crippen molar-refractivity contribution in [2.45, 2.75) is 19.1 Å². The van der Waals surface area contributed by atoms with Crippen molar-refractivity contribution in [3.05, 3.63) is 100 Å². The highest BCUT2D eigenvalue weighted by molar-refractivity contribution is 7.10. The molecular formula is C24H26N6S. The molecule has 2 aromatic carbocycles. The van der Waals surface area contributed by atoms with Crippen LogP contribution in [-0.2, 0) is 13.1 Å². The normalized spacial score (nSPS) is 16.4. The molecule has 5 rings (SSSR count). The number of nitrogens with zero attached hydrogens (tertiary/aromatic N) is 6. The van der Waals surface area contributed by atoms with Crippen LogP contribution in [-0.4, -0.2) is 56.2 Å². The van der Waals surface area contributed by atoms with Crippen LogP contribution in [0.25, 0.3) is 0 Å². The van der Waals surface area contributed by atoms with Crippen molar-refractivity contribution in [2.75, 3.05) is 26.2 Å². The summed E-state index contributed by atoms with van der Waals surface area (Å²) in [5.41, 5.74) is 2.58. The van der Waals surface area contributed by atoms with Crippen LogP contribution in [0.15, 0.2) is 78.2 Å². The number of benzene rings is 2. The predicted molar refractivity (Wildman–Crippen MR) is 123 cm³/mol. The summed E-state index contributed by atoms with van der Waals surface area (Å²) in [6.07, 6.45) is 0. The van der Waals surface area contributed by atoms with E-state index in [1.165, 1.54) is 16.0 Å². The van der Waals surface area contributed by atoms with E-state index in [4.69, 9.17) is 0 Å². The molecule has 1 aliphatic rings. The molecule has 1 aliphatic heterocycles. The molecule has 7 heteroatoms. The maximum absolute atomic E-state index is 4.48. The van der Waals surface area contributed by atoms with E-state index >= 15 is 0 Å². The molecule has 1 atom stereocenters. The maximum Gasteiger partial charge on any atom is 0.174 e. The molecule has 0 unspecified atom stereocenters. The van der Waals surface area contributed by atoms with E-state index in [-0.39, 0.29) is 6.04 Å². The molecule has 0 bridgehead atoms. The van der Waals surface area contributed by atoms with Crippen LogP contribution in [0.1, 0.15) is 27.9 Å². The van der Waals surface area contributed by atoms with Crippen LogP contribution in [0, 0.1) is 0 Å². The van der Waals surface area contributed by atoms with Crippen molar-refractivity contribution in [2.24, 2.45) is 0 Å². The van der Waals surface area contributed by atoms with E-state index in [9.17, 15) is 0 Å². The lowest BCUT2D eigenvalue weighted by Crippen LogP contribution is -2.47. The fourth-order valence-electron chi connectivity index (χ4n) is 4.21. The minimum Gasteiger partial charge on any atom is -0.297 e. The van der Waals surface area contributed by atoms with Crippen LogP contribution in [0.2, 0.25) is 0 Å². The zero-order chi connectivity index (χ0) is 20.9. The Morgan fingerprint density at radius 1 is 0.774 bits per heavy atom. The van der Waals surface area contributed by atoms with Gasteiger partial charge in [-0.2, -0.15) is 0 Å². The molecule has 31 heavy (non-hydrogen) atoms. The summed E-state index contributed by atoms with van der Waals surface area (Å²) in [5, 5.41) is 15.0. The monoisotopic (exact) mass is 430 g/mol. The molecule has 0 saturated carbocycles. The van der Waals surface area contributed by atoms with Gasteiger partial charge in [0.05, 0.1) is 6.54 Å². The number of aromatic nitrogens is 4. The first-order valence-corrected chi connectivity index (χ1v) is 11.6. The third-order valence-electron chi connectivity index (χ3n) is 5.81. The summed E-state index contributed by atoms with van der Waals surface area (Å²) in [5.74, 6) is 0.919. The smallest absolute Gasteiger partial charge is 0.174 e. The Balaban J connectivity index is 1.34. The highest BCUT2D eigenvalue weighted by Crippen LogP contribution is 2.31. The van der Waals surface area contributed by atoms with Crippen molar-refractivity contribution in [1.29, 1.82) is 0 Å². The molecule has 0 aliphatic carbocycles. The van der Waals surface area contributed by atoms with Crippen LogP contribution in [0.5, 0.6) is 0 Å². The largest absolute Gasteiger partial charge is 0.297 e. The minimum absolute atomic E-state index is 0.0811. The van der Waals surface area contributed by atoms with Gasteiger partial charge in [-0.3, -0.25) is 9.80 Å². The van der Waals surface area contributed by atoms with Crippen LogP contribution < -0.4 is 0 Å². The number of rotatable bonds is 7. The van der Waals surface area contributed by atoms with Crippen LogP contribution >= 0.6 is 11.3 Å². The average Bonchev–Trinajstić information content (AvgIpc) is 3.50. The molecule has 0 amide bonds. The van der Waals surface area contributed by atoms with Crippen molar-refractivity contribution >= 4 is 11.3 Å². The summed E-state index contributed by atoms with van der Waals surface area (Å²) >= 11 is 1.78. The van der Waals surface area contributed by atoms with Gasteiger partial charge in [0.15, 0.2) is 5.82 Å². The summed E-state index contributed by atoms with van der Waals surface area (Å²) in [4.78, 5) is 6.35. The van der Waals surface area contributed by atoms with Gasteiger partial charge in [0.25, 0.3) is 0 Å². The van der Waals surface area contributed by atoms with Crippen molar-refractivity contribution < 1.29 is 0 Å². The molecule has 6 nitrogen and oxygen atoms in total. The fraction of sp³-hybridized carbons (Fsp3) is 0.292. The first-order chi connectivity index (χ1) is 15.4. The topological polar surface area (TPSA) is 50.1 Å². The lowest BCUT2D eigenvalue weighted by atomic mass is 10.1. The van der Waals surface area contributed by atoms with E-state index in [0.717, 1.165) is 38.5 Å². The van der Waals surface area contributed by atoms with Gasteiger partial charge < -0.3 is 0 Å². The number of piperazine rings is 1. The molecule has 0 spiro atoms.